The second-order valence-electron chi connectivity index (χ2n) is 24.7. The summed E-state index contributed by atoms with van der Waals surface area (Å²) in [4.78, 5) is 107. The molecule has 133 heavy (non-hydrogen) atoms. The number of hydrogen-bond acceptors (Lipinski definition) is 25. The number of carbonyl (C=O) groups excluding carboxylic acids is 5. The zero-order valence-corrected chi connectivity index (χ0v) is 75.7. The van der Waals surface area contributed by atoms with Crippen LogP contribution in [-0.4, -0.2) is 169 Å². The van der Waals surface area contributed by atoms with Gasteiger partial charge in [-0.3, -0.25) is 84.0 Å². The number of rotatable bonds is 7. The molecule has 17 rings (SSSR count). The molecule has 0 aliphatic rings. The van der Waals surface area contributed by atoms with Gasteiger partial charge >= 0.3 is 12.4 Å². The SMILES string of the molecule is CC(=O)c1cccnc1.CCNC(=O)c1cccnc1.CN(C)C(=O)c1cccnc1.CNC(=O)c1cccnc1.COc1ccncc1.Cc1cccnc1.Cc1nncs1.Clc1ccccn1.Clc1cccnc1.Cn1cnnc1.FC(F)(F)c1ccccn1.FC(F)(F)c1cccnc1.NC(=O)c1cccnc1.O[n+]1ccccc1.c1ccc2[nH]cnc2c1.c1ccncc1. The van der Waals surface area contributed by atoms with Crippen molar-refractivity contribution < 1.29 is 65.0 Å². The van der Waals surface area contributed by atoms with E-state index >= 15 is 0 Å². The first kappa shape index (κ1) is 113. The van der Waals surface area contributed by atoms with Crippen molar-refractivity contribution in [3.8, 4) is 5.75 Å². The number of nitrogens with zero attached hydrogens (tertiary/aromatic N) is 20. The number of methoxy groups -OCH3 is 1. The topological polar surface area (TPSA) is 412 Å². The zero-order valence-electron chi connectivity index (χ0n) is 73.4. The zero-order chi connectivity index (χ0) is 97.8. The molecule has 4 amide bonds. The van der Waals surface area contributed by atoms with Crippen molar-refractivity contribution in [2.24, 2.45) is 12.8 Å². The number of Topliss-reactive ketones (excluding diaryl/α,β-unsaturated/α-hetero) is 1. The maximum atomic E-state index is 11.7. The van der Waals surface area contributed by atoms with E-state index in [2.05, 4.69) is 101 Å². The summed E-state index contributed by atoms with van der Waals surface area (Å²) in [5.41, 5.74) is 11.3. The summed E-state index contributed by atoms with van der Waals surface area (Å²) >= 11 is 12.5. The number of fused-ring (bicyclic) bond motifs is 1. The predicted octanol–water partition coefficient (Wildman–Crippen LogP) is 17.2. The van der Waals surface area contributed by atoms with E-state index in [9.17, 15) is 50.3 Å². The molecule has 16 heterocycles. The van der Waals surface area contributed by atoms with Gasteiger partial charge in [0.05, 0.1) is 57.3 Å². The van der Waals surface area contributed by atoms with Crippen molar-refractivity contribution in [3.63, 3.8) is 0 Å². The minimum atomic E-state index is -4.32. The van der Waals surface area contributed by atoms with Crippen LogP contribution < -0.4 is 25.8 Å². The molecule has 0 saturated heterocycles. The Morgan fingerprint density at radius 2 is 0.970 bits per heavy atom. The van der Waals surface area contributed by atoms with Crippen LogP contribution >= 0.6 is 34.5 Å². The van der Waals surface area contributed by atoms with Crippen LogP contribution in [0.2, 0.25) is 10.2 Å². The Bertz CT molecular complexity index is 5370. The molecule has 0 atom stereocenters. The van der Waals surface area contributed by atoms with Crippen LogP contribution in [0.1, 0.15) is 87.5 Å². The number of ketones is 1. The van der Waals surface area contributed by atoms with Crippen molar-refractivity contribution in [1.82, 2.24) is 110 Å². The fourth-order valence-electron chi connectivity index (χ4n) is 7.96. The lowest BCUT2D eigenvalue weighted by Crippen LogP contribution is -2.27. The number of ether oxygens (including phenoxy) is 1. The third-order valence-electron chi connectivity index (χ3n) is 14.2. The molecule has 40 heteroatoms. The predicted molar refractivity (Wildman–Crippen MR) is 496 cm³/mol. The first-order valence-electron chi connectivity index (χ1n) is 38.8. The summed E-state index contributed by atoms with van der Waals surface area (Å²) in [5.74, 6) is 0.276. The molecule has 1 aromatic carbocycles. The van der Waals surface area contributed by atoms with E-state index in [4.69, 9.17) is 38.9 Å². The van der Waals surface area contributed by atoms with Crippen LogP contribution in [0, 0.1) is 13.8 Å². The molecule has 0 radical (unpaired) electrons. The second-order valence-corrected chi connectivity index (χ2v) is 26.6. The molecule has 0 bridgehead atoms. The van der Waals surface area contributed by atoms with E-state index in [1.165, 1.54) is 54.2 Å². The molecule has 6 N–H and O–H groups in total. The van der Waals surface area contributed by atoms with Gasteiger partial charge in [-0.05, 0) is 185 Å². The van der Waals surface area contributed by atoms with Crippen LogP contribution in [-0.2, 0) is 19.4 Å². The molecule has 17 aromatic rings. The van der Waals surface area contributed by atoms with Gasteiger partial charge in [-0.2, -0.15) is 26.3 Å². The molecule has 31 nitrogen and oxygen atoms in total. The van der Waals surface area contributed by atoms with E-state index in [-0.39, 0.29) is 23.5 Å². The van der Waals surface area contributed by atoms with Gasteiger partial charge in [0.1, 0.15) is 39.8 Å². The van der Waals surface area contributed by atoms with E-state index in [1.54, 1.807) is 283 Å². The van der Waals surface area contributed by atoms with Crippen molar-refractivity contribution in [1.29, 1.82) is 0 Å². The quantitative estimate of drug-likeness (QED) is 0.0325. The van der Waals surface area contributed by atoms with Gasteiger partial charge in [-0.25, -0.2) is 9.97 Å². The largest absolute Gasteiger partial charge is 0.497 e. The highest BCUT2D eigenvalue weighted by molar-refractivity contribution is 7.09. The summed E-state index contributed by atoms with van der Waals surface area (Å²) in [5, 5.41) is 30.3. The van der Waals surface area contributed by atoms with Crippen molar-refractivity contribution in [3.05, 3.63) is 439 Å². The number of carbonyl (C=O) groups is 5. The molecule has 0 saturated carbocycles. The highest BCUT2D eigenvalue weighted by atomic mass is 35.5. The number of aryl methyl sites for hydroxylation is 3. The Kier molecular flexibility index (Phi) is 59.9. The van der Waals surface area contributed by atoms with E-state index in [0.717, 1.165) is 51.0 Å². The first-order valence-corrected chi connectivity index (χ1v) is 40.4. The number of aromatic nitrogens is 20. The summed E-state index contributed by atoms with van der Waals surface area (Å²) in [6, 6.07) is 58.6. The minimum Gasteiger partial charge on any atom is -0.497 e. The van der Waals surface area contributed by atoms with Gasteiger partial charge in [0.15, 0.2) is 5.78 Å². The molecule has 0 fully saturated rings. The average Bonchev–Trinajstić information content (AvgIpc) is 1.69. The Morgan fingerprint density at radius 3 is 1.25 bits per heavy atom. The fourth-order valence-corrected chi connectivity index (χ4v) is 8.56. The Morgan fingerprint density at radius 1 is 0.504 bits per heavy atom. The number of aromatic amines is 1. The van der Waals surface area contributed by atoms with Crippen molar-refractivity contribution in [2.75, 3.05) is 34.8 Å². The molecular weight excluding hydrogens is 1780 g/mol. The van der Waals surface area contributed by atoms with E-state index in [1.807, 2.05) is 107 Å². The van der Waals surface area contributed by atoms with Gasteiger partial charge in [-0.15, -0.1) is 31.7 Å². The summed E-state index contributed by atoms with van der Waals surface area (Å²) in [6.07, 6.45) is 33.9. The normalized spacial score (nSPS) is 9.33. The van der Waals surface area contributed by atoms with Crippen LogP contribution in [0.4, 0.5) is 26.3 Å². The third-order valence-corrected chi connectivity index (χ3v) is 15.3. The Hall–Kier alpha value is -16.4. The molecule has 0 spiro atoms. The van der Waals surface area contributed by atoms with Gasteiger partial charge in [0, 0.05) is 193 Å². The minimum absolute atomic E-state index is 0.0156. The number of nitrogens with two attached hydrogens (primary N) is 1. The molecule has 692 valence electrons. The molecule has 0 unspecified atom stereocenters. The van der Waals surface area contributed by atoms with Gasteiger partial charge in [0.2, 0.25) is 18.3 Å². The molecule has 0 aliphatic carbocycles. The number of amides is 4. The number of primary amides is 1. The monoisotopic (exact) mass is 1880 g/mol. The van der Waals surface area contributed by atoms with Crippen LogP contribution in [0.3, 0.4) is 0 Å². The number of para-hydroxylation sites is 2. The average molecular weight is 1880 g/mol. The maximum absolute atomic E-state index is 11.7. The molecule has 16 aromatic heterocycles. The number of nitrogens with one attached hydrogen (secondary N) is 3. The van der Waals surface area contributed by atoms with Gasteiger partial charge in [-0.1, -0.05) is 65.7 Å². The standard InChI is InChI=1S/2C8H10N2O.C7H8N2O.C7H6N2.C7H7NO.2C6H4F3N.C6H6N2O.C6H7NO.C6H7N.2C5H4ClN.C5H6NO.C5H5N.C3H5N3.C3H4N2S/c1-10(2)8(11)7-4-3-5-9-6-7;1-2-10-8(11)7-4-3-5-9-6-7;1-8-7(10)6-3-2-4-9-5-6;1-2-4-7-6(3-1)8-5-9-7;1-6(9)7-3-2-4-8-5-7;7-6(8,9)5-2-1-3-10-4-5;7-6(8,9)5-3-1-2-4-10-5;7-6(9)5-2-1-3-8-4-5;1-8-6-2-4-7-5-3-6;1-6-3-2-4-7-5-6;6-5-2-1-3-7-4-5;6-5-3-1-2-4-7-5;7-6-4-2-1-3-5-6;1-2-4-6-5-3-1;1-6-2-4-5-3-6;1-3-5-4-2-6-3/h3-6H,1-2H3;3-6H,2H2,1H3,(H,10,11);2-5H,1H3,(H,8,10);1-5H,(H,8,9);2-5H,1H3;2*1-4H;1-4H,(H2,7,9);2-5H,1H3;2-5H,1H3;2*1-4H;1-5,7H;1-5H;2-3H,1H3;2H,1H3/q;;;;;;;;;;;;+1;;;. The fraction of sp³-hybridized carbons (Fsp3) is 0.129. The number of hydrogen-bond donors (Lipinski definition) is 5. The van der Waals surface area contributed by atoms with Gasteiger partial charge in [0.25, 0.3) is 17.7 Å². The Labute approximate surface area is 778 Å². The maximum Gasteiger partial charge on any atom is 0.433 e. The summed E-state index contributed by atoms with van der Waals surface area (Å²) in [6.45, 7) is 8.00. The highest BCUT2D eigenvalue weighted by Gasteiger charge is 2.32. The molecular formula is C93H97Cl2F6N24O7S+. The number of benzene rings is 1. The summed E-state index contributed by atoms with van der Waals surface area (Å²) < 4.78 is 78.1. The smallest absolute Gasteiger partial charge is 0.433 e. The number of halogens is 8. The number of imidazole rings is 1. The Balaban J connectivity index is 0.000000482. The molecule has 0 aliphatic heterocycles. The van der Waals surface area contributed by atoms with Crippen LogP contribution in [0.25, 0.3) is 11.0 Å². The third kappa shape index (κ3) is 58.6. The van der Waals surface area contributed by atoms with Crippen molar-refractivity contribution >= 4 is 75.0 Å². The van der Waals surface area contributed by atoms with Gasteiger partial charge < -0.3 is 35.6 Å². The van der Waals surface area contributed by atoms with Crippen LogP contribution in [0.15, 0.2) is 379 Å². The number of H-pyrrole nitrogens is 1. The van der Waals surface area contributed by atoms with E-state index < -0.39 is 29.5 Å². The summed E-state index contributed by atoms with van der Waals surface area (Å²) in [7, 11) is 8.54. The lowest BCUT2D eigenvalue weighted by atomic mass is 10.2. The lowest BCUT2D eigenvalue weighted by molar-refractivity contribution is -0.904. The highest BCUT2D eigenvalue weighted by Crippen LogP contribution is 2.28. The number of alkyl halides is 6. The van der Waals surface area contributed by atoms with E-state index in [0.29, 0.717) is 44.5 Å². The van der Waals surface area contributed by atoms with Crippen LogP contribution in [0.5, 0.6) is 5.75 Å². The number of pyridine rings is 13. The van der Waals surface area contributed by atoms with Crippen molar-refractivity contribution in [2.45, 2.75) is 40.0 Å². The first-order chi connectivity index (χ1) is 64.0. The second kappa shape index (κ2) is 70.7. The lowest BCUT2D eigenvalue weighted by Gasteiger charge is -2.08.